The summed E-state index contributed by atoms with van der Waals surface area (Å²) in [6, 6.07) is 14.7. The fraction of sp³-hybridized carbons (Fsp3) is 0.333. The standard InChI is InChI=1S/C18H22N2O4/c1-2-24-18-13-15(10-11-17(18)20(22)23)19-16(9-6-12-21)14-7-4-3-5-8-14/h3-5,7-8,10-11,13,16,19,21H,2,6,9,12H2,1H3. The molecular weight excluding hydrogens is 308 g/mol. The number of aliphatic hydroxyl groups excluding tert-OH is 1. The van der Waals surface area contributed by atoms with Crippen LogP contribution in [-0.2, 0) is 0 Å². The van der Waals surface area contributed by atoms with E-state index >= 15 is 0 Å². The van der Waals surface area contributed by atoms with Crippen LogP contribution in [0.1, 0.15) is 31.4 Å². The average Bonchev–Trinajstić information content (AvgIpc) is 2.59. The highest BCUT2D eigenvalue weighted by atomic mass is 16.6. The van der Waals surface area contributed by atoms with Gasteiger partial charge in [0.1, 0.15) is 0 Å². The zero-order valence-electron chi connectivity index (χ0n) is 13.6. The molecule has 128 valence electrons. The molecule has 0 aliphatic heterocycles. The molecule has 0 saturated carbocycles. The Hall–Kier alpha value is -2.60. The lowest BCUT2D eigenvalue weighted by Gasteiger charge is -2.20. The van der Waals surface area contributed by atoms with Crippen LogP contribution in [0.3, 0.4) is 0 Å². The zero-order chi connectivity index (χ0) is 17.4. The van der Waals surface area contributed by atoms with Gasteiger partial charge in [0.15, 0.2) is 5.75 Å². The number of ether oxygens (including phenoxy) is 1. The van der Waals surface area contributed by atoms with E-state index in [1.54, 1.807) is 19.1 Å². The summed E-state index contributed by atoms with van der Waals surface area (Å²) in [5, 5.41) is 23.6. The SMILES string of the molecule is CCOc1cc(NC(CCCO)c2ccccc2)ccc1[N+](=O)[O-]. The van der Waals surface area contributed by atoms with Crippen molar-refractivity contribution in [3.63, 3.8) is 0 Å². The van der Waals surface area contributed by atoms with E-state index in [0.717, 1.165) is 17.7 Å². The number of nitrogens with one attached hydrogen (secondary N) is 1. The quantitative estimate of drug-likeness (QED) is 0.538. The minimum absolute atomic E-state index is 0.00860. The molecule has 0 radical (unpaired) electrons. The van der Waals surface area contributed by atoms with Crippen LogP contribution in [0.25, 0.3) is 0 Å². The minimum atomic E-state index is -0.449. The van der Waals surface area contributed by atoms with Crippen molar-refractivity contribution in [3.8, 4) is 5.75 Å². The van der Waals surface area contributed by atoms with Gasteiger partial charge in [0.05, 0.1) is 17.6 Å². The summed E-state index contributed by atoms with van der Waals surface area (Å²) >= 11 is 0. The highest BCUT2D eigenvalue weighted by Crippen LogP contribution is 2.32. The molecule has 0 aliphatic rings. The van der Waals surface area contributed by atoms with Crippen LogP contribution in [0, 0.1) is 10.1 Å². The molecule has 0 aliphatic carbocycles. The van der Waals surface area contributed by atoms with Crippen LogP contribution in [0.4, 0.5) is 11.4 Å². The smallest absolute Gasteiger partial charge is 0.311 e. The molecule has 6 nitrogen and oxygen atoms in total. The monoisotopic (exact) mass is 330 g/mol. The summed E-state index contributed by atoms with van der Waals surface area (Å²) in [6.45, 7) is 2.27. The van der Waals surface area contributed by atoms with Crippen molar-refractivity contribution in [2.24, 2.45) is 0 Å². The third kappa shape index (κ3) is 4.70. The molecule has 2 rings (SSSR count). The summed E-state index contributed by atoms with van der Waals surface area (Å²) in [6.07, 6.45) is 1.42. The molecule has 0 aromatic heterocycles. The van der Waals surface area contributed by atoms with Crippen molar-refractivity contribution in [1.29, 1.82) is 0 Å². The predicted molar refractivity (Wildman–Crippen MR) is 93.4 cm³/mol. The zero-order valence-corrected chi connectivity index (χ0v) is 13.6. The Morgan fingerprint density at radius 2 is 2.00 bits per heavy atom. The highest BCUT2D eigenvalue weighted by Gasteiger charge is 2.17. The van der Waals surface area contributed by atoms with E-state index in [-0.39, 0.29) is 24.1 Å². The average molecular weight is 330 g/mol. The highest BCUT2D eigenvalue weighted by molar-refractivity contribution is 5.58. The van der Waals surface area contributed by atoms with Crippen LogP contribution in [0.15, 0.2) is 48.5 Å². The van der Waals surface area contributed by atoms with Crippen molar-refractivity contribution < 1.29 is 14.8 Å². The number of rotatable bonds is 9. The van der Waals surface area contributed by atoms with Crippen molar-refractivity contribution in [2.75, 3.05) is 18.5 Å². The van der Waals surface area contributed by atoms with Crippen molar-refractivity contribution in [2.45, 2.75) is 25.8 Å². The van der Waals surface area contributed by atoms with Crippen molar-refractivity contribution in [1.82, 2.24) is 0 Å². The van der Waals surface area contributed by atoms with Gasteiger partial charge in [-0.2, -0.15) is 0 Å². The summed E-state index contributed by atoms with van der Waals surface area (Å²) < 4.78 is 5.39. The van der Waals surface area contributed by atoms with Gasteiger partial charge in [0.25, 0.3) is 0 Å². The number of nitro groups is 1. The lowest BCUT2D eigenvalue weighted by atomic mass is 10.0. The number of nitrogens with zero attached hydrogens (tertiary/aromatic N) is 1. The topological polar surface area (TPSA) is 84.6 Å². The van der Waals surface area contributed by atoms with E-state index in [9.17, 15) is 10.1 Å². The number of nitro benzene ring substituents is 1. The molecule has 24 heavy (non-hydrogen) atoms. The Morgan fingerprint density at radius 3 is 2.62 bits per heavy atom. The van der Waals surface area contributed by atoms with Gasteiger partial charge >= 0.3 is 5.69 Å². The van der Waals surface area contributed by atoms with Gasteiger partial charge in [-0.1, -0.05) is 30.3 Å². The molecule has 6 heteroatoms. The number of benzene rings is 2. The Morgan fingerprint density at radius 1 is 1.25 bits per heavy atom. The predicted octanol–water partition coefficient (Wildman–Crippen LogP) is 3.92. The molecule has 1 atom stereocenters. The molecule has 0 amide bonds. The molecule has 2 N–H and O–H groups in total. The molecule has 1 unspecified atom stereocenters. The molecule has 0 bridgehead atoms. The van der Waals surface area contributed by atoms with Crippen LogP contribution in [-0.4, -0.2) is 23.2 Å². The van der Waals surface area contributed by atoms with Gasteiger partial charge in [-0.3, -0.25) is 10.1 Å². The normalized spacial score (nSPS) is 11.8. The van der Waals surface area contributed by atoms with E-state index in [1.165, 1.54) is 6.07 Å². The summed E-state index contributed by atoms with van der Waals surface area (Å²) in [7, 11) is 0. The van der Waals surface area contributed by atoms with Gasteiger partial charge in [-0.15, -0.1) is 0 Å². The number of aliphatic hydroxyl groups is 1. The minimum Gasteiger partial charge on any atom is -0.487 e. The number of hydrogen-bond donors (Lipinski definition) is 2. The number of anilines is 1. The largest absolute Gasteiger partial charge is 0.487 e. The molecule has 0 spiro atoms. The molecule has 0 heterocycles. The lowest BCUT2D eigenvalue weighted by molar-refractivity contribution is -0.385. The van der Waals surface area contributed by atoms with Crippen molar-refractivity contribution >= 4 is 11.4 Å². The third-order valence-corrected chi connectivity index (χ3v) is 3.65. The van der Waals surface area contributed by atoms with Crippen LogP contribution < -0.4 is 10.1 Å². The van der Waals surface area contributed by atoms with Gasteiger partial charge in [-0.05, 0) is 31.4 Å². The molecule has 2 aromatic carbocycles. The fourth-order valence-electron chi connectivity index (χ4n) is 2.53. The maximum absolute atomic E-state index is 11.1. The molecule has 2 aromatic rings. The summed E-state index contributed by atoms with van der Waals surface area (Å²) in [5.41, 5.74) is 1.80. The van der Waals surface area contributed by atoms with Crippen LogP contribution in [0.5, 0.6) is 5.75 Å². The number of hydrogen-bond acceptors (Lipinski definition) is 5. The molecule has 0 saturated heterocycles. The van der Waals surface area contributed by atoms with Gasteiger partial charge in [0.2, 0.25) is 0 Å². The first-order valence-electron chi connectivity index (χ1n) is 7.99. The summed E-state index contributed by atoms with van der Waals surface area (Å²) in [5.74, 6) is 0.251. The first-order chi connectivity index (χ1) is 11.7. The summed E-state index contributed by atoms with van der Waals surface area (Å²) in [4.78, 5) is 10.6. The second-order valence-corrected chi connectivity index (χ2v) is 5.35. The van der Waals surface area contributed by atoms with E-state index in [0.29, 0.717) is 13.0 Å². The molecule has 0 fully saturated rings. The van der Waals surface area contributed by atoms with Gasteiger partial charge < -0.3 is 15.2 Å². The Kier molecular flexibility index (Phi) is 6.57. The van der Waals surface area contributed by atoms with Gasteiger partial charge in [0, 0.05) is 24.4 Å². The molecular formula is C18H22N2O4. The third-order valence-electron chi connectivity index (χ3n) is 3.65. The van der Waals surface area contributed by atoms with E-state index in [4.69, 9.17) is 9.84 Å². The van der Waals surface area contributed by atoms with Crippen molar-refractivity contribution in [3.05, 3.63) is 64.2 Å². The second-order valence-electron chi connectivity index (χ2n) is 5.35. The Labute approximate surface area is 141 Å². The Bertz CT molecular complexity index is 661. The van der Waals surface area contributed by atoms with Crippen LogP contribution in [0.2, 0.25) is 0 Å². The fourth-order valence-corrected chi connectivity index (χ4v) is 2.53. The Balaban J connectivity index is 2.25. The maximum atomic E-state index is 11.1. The van der Waals surface area contributed by atoms with E-state index < -0.39 is 4.92 Å². The first-order valence-corrected chi connectivity index (χ1v) is 7.99. The van der Waals surface area contributed by atoms with E-state index in [2.05, 4.69) is 5.32 Å². The van der Waals surface area contributed by atoms with Gasteiger partial charge in [-0.25, -0.2) is 0 Å². The second kappa shape index (κ2) is 8.88. The first kappa shape index (κ1) is 17.7. The van der Waals surface area contributed by atoms with Crippen LogP contribution >= 0.6 is 0 Å². The maximum Gasteiger partial charge on any atom is 0.311 e. The van der Waals surface area contributed by atoms with E-state index in [1.807, 2.05) is 30.3 Å². The lowest BCUT2D eigenvalue weighted by Crippen LogP contribution is -2.12.